The van der Waals surface area contributed by atoms with Crippen molar-refractivity contribution in [3.05, 3.63) is 59.7 Å². The van der Waals surface area contributed by atoms with Crippen LogP contribution >= 0.6 is 0 Å². The van der Waals surface area contributed by atoms with Gasteiger partial charge in [0.25, 0.3) is 0 Å². The molecule has 1 heteroatoms. The third kappa shape index (κ3) is 3.93. The minimum Gasteiger partial charge on any atom is -0.314 e. The Morgan fingerprint density at radius 3 is 1.95 bits per heavy atom. The van der Waals surface area contributed by atoms with Gasteiger partial charge in [-0.25, -0.2) is 0 Å². The first-order chi connectivity index (χ1) is 9.19. The van der Waals surface area contributed by atoms with Crippen LogP contribution in [0.3, 0.4) is 0 Å². The van der Waals surface area contributed by atoms with Crippen molar-refractivity contribution in [1.82, 2.24) is 5.32 Å². The van der Waals surface area contributed by atoms with Gasteiger partial charge in [-0.3, -0.25) is 0 Å². The van der Waals surface area contributed by atoms with Crippen LogP contribution in [0.15, 0.2) is 48.5 Å². The maximum absolute atomic E-state index is 3.45. The molecule has 0 aliphatic heterocycles. The number of benzene rings is 2. The first-order valence-electron chi connectivity index (χ1n) is 7.08. The number of aryl methyl sites for hydroxylation is 1. The first kappa shape index (κ1) is 13.8. The lowest BCUT2D eigenvalue weighted by Crippen LogP contribution is -2.27. The van der Waals surface area contributed by atoms with Gasteiger partial charge in [0.05, 0.1) is 0 Å². The summed E-state index contributed by atoms with van der Waals surface area (Å²) < 4.78 is 0. The third-order valence-corrected chi connectivity index (χ3v) is 3.43. The normalized spacial score (nSPS) is 12.4. The molecule has 2 rings (SSSR count). The monoisotopic (exact) mass is 253 g/mol. The molecule has 0 saturated heterocycles. The third-order valence-electron chi connectivity index (χ3n) is 3.43. The van der Waals surface area contributed by atoms with E-state index >= 15 is 0 Å². The average Bonchev–Trinajstić information content (AvgIpc) is 2.41. The molecule has 0 amide bonds. The summed E-state index contributed by atoms with van der Waals surface area (Å²) in [5, 5.41) is 3.45. The lowest BCUT2D eigenvalue weighted by Gasteiger charge is -2.12. The Hall–Kier alpha value is -1.60. The minimum absolute atomic E-state index is 0.537. The van der Waals surface area contributed by atoms with Gasteiger partial charge in [0.2, 0.25) is 0 Å². The molecule has 0 aromatic heterocycles. The molecule has 2 aromatic rings. The summed E-state index contributed by atoms with van der Waals surface area (Å²) in [6, 6.07) is 18.2. The predicted molar refractivity (Wildman–Crippen MR) is 83.5 cm³/mol. The first-order valence-corrected chi connectivity index (χ1v) is 7.08. The number of likely N-dealkylation sites (N-methyl/N-ethyl adjacent to an activating group) is 1. The van der Waals surface area contributed by atoms with E-state index in [0.29, 0.717) is 6.04 Å². The van der Waals surface area contributed by atoms with Gasteiger partial charge in [-0.15, -0.1) is 0 Å². The van der Waals surface area contributed by atoms with E-state index < -0.39 is 0 Å². The summed E-state index contributed by atoms with van der Waals surface area (Å²) in [7, 11) is 0. The number of nitrogens with one attached hydrogen (secondary N) is 1. The Bertz CT molecular complexity index is 496. The topological polar surface area (TPSA) is 12.0 Å². The molecule has 19 heavy (non-hydrogen) atoms. The second-order valence-electron chi connectivity index (χ2n) is 5.23. The Balaban J connectivity index is 2.08. The van der Waals surface area contributed by atoms with Crippen molar-refractivity contribution in [2.45, 2.75) is 33.2 Å². The Kier molecular flexibility index (Phi) is 4.75. The largest absolute Gasteiger partial charge is 0.314 e. The van der Waals surface area contributed by atoms with Crippen LogP contribution in [-0.4, -0.2) is 12.6 Å². The van der Waals surface area contributed by atoms with Crippen molar-refractivity contribution in [3.8, 4) is 11.1 Å². The zero-order chi connectivity index (χ0) is 13.7. The Morgan fingerprint density at radius 1 is 0.895 bits per heavy atom. The van der Waals surface area contributed by atoms with Crippen LogP contribution in [0.4, 0.5) is 0 Å². The van der Waals surface area contributed by atoms with Crippen LogP contribution in [0, 0.1) is 6.92 Å². The fourth-order valence-corrected chi connectivity index (χ4v) is 2.35. The molecular formula is C18H23N. The second kappa shape index (κ2) is 6.53. The molecule has 0 bridgehead atoms. The fourth-order valence-electron chi connectivity index (χ4n) is 2.35. The lowest BCUT2D eigenvalue weighted by atomic mass is 10.0. The van der Waals surface area contributed by atoms with E-state index in [0.717, 1.165) is 13.0 Å². The molecule has 1 N–H and O–H groups in total. The van der Waals surface area contributed by atoms with Crippen molar-refractivity contribution in [3.63, 3.8) is 0 Å². The molecular weight excluding hydrogens is 230 g/mol. The van der Waals surface area contributed by atoms with Crippen LogP contribution in [0.2, 0.25) is 0 Å². The van der Waals surface area contributed by atoms with Crippen molar-refractivity contribution < 1.29 is 0 Å². The van der Waals surface area contributed by atoms with Gasteiger partial charge >= 0.3 is 0 Å². The van der Waals surface area contributed by atoms with Crippen LogP contribution in [-0.2, 0) is 6.42 Å². The van der Waals surface area contributed by atoms with Gasteiger partial charge in [0, 0.05) is 6.04 Å². The van der Waals surface area contributed by atoms with Gasteiger partial charge in [0.15, 0.2) is 0 Å². The molecule has 1 unspecified atom stereocenters. The van der Waals surface area contributed by atoms with Crippen molar-refractivity contribution in [1.29, 1.82) is 0 Å². The van der Waals surface area contributed by atoms with Crippen molar-refractivity contribution in [2.24, 2.45) is 0 Å². The molecule has 0 radical (unpaired) electrons. The summed E-state index contributed by atoms with van der Waals surface area (Å²) in [6.07, 6.45) is 1.09. The summed E-state index contributed by atoms with van der Waals surface area (Å²) >= 11 is 0. The van der Waals surface area contributed by atoms with Crippen molar-refractivity contribution in [2.75, 3.05) is 6.54 Å². The van der Waals surface area contributed by atoms with E-state index in [1.807, 2.05) is 0 Å². The van der Waals surface area contributed by atoms with E-state index in [1.165, 1.54) is 22.3 Å². The highest BCUT2D eigenvalue weighted by Gasteiger charge is 2.02. The minimum atomic E-state index is 0.537. The average molecular weight is 253 g/mol. The molecule has 1 nitrogen and oxygen atoms in total. The smallest absolute Gasteiger partial charge is 0.00790 e. The molecule has 0 fully saturated rings. The molecule has 2 aromatic carbocycles. The number of rotatable bonds is 5. The lowest BCUT2D eigenvalue weighted by molar-refractivity contribution is 0.565. The van der Waals surface area contributed by atoms with Crippen molar-refractivity contribution >= 4 is 0 Å². The van der Waals surface area contributed by atoms with Crippen LogP contribution < -0.4 is 5.32 Å². The van der Waals surface area contributed by atoms with Crippen LogP contribution in [0.5, 0.6) is 0 Å². The zero-order valence-corrected chi connectivity index (χ0v) is 12.1. The predicted octanol–water partition coefficient (Wildman–Crippen LogP) is 4.20. The summed E-state index contributed by atoms with van der Waals surface area (Å²) in [5.74, 6) is 0. The maximum Gasteiger partial charge on any atom is 0.00790 e. The molecule has 1 atom stereocenters. The standard InChI is InChI=1S/C18H23N/c1-4-19-15(3)13-16-7-11-18(12-8-16)17-9-5-14(2)6-10-17/h5-12,15,19H,4,13H2,1-3H3. The molecule has 100 valence electrons. The molecule has 0 heterocycles. The maximum atomic E-state index is 3.45. The molecule has 0 spiro atoms. The number of hydrogen-bond donors (Lipinski definition) is 1. The van der Waals surface area contributed by atoms with E-state index in [2.05, 4.69) is 74.6 Å². The van der Waals surface area contributed by atoms with Gasteiger partial charge < -0.3 is 5.32 Å². The second-order valence-corrected chi connectivity index (χ2v) is 5.23. The van der Waals surface area contributed by atoms with E-state index in [1.54, 1.807) is 0 Å². The van der Waals surface area contributed by atoms with Crippen LogP contribution in [0.25, 0.3) is 11.1 Å². The van der Waals surface area contributed by atoms with E-state index in [9.17, 15) is 0 Å². The summed E-state index contributed by atoms with van der Waals surface area (Å²) in [5.41, 5.74) is 5.28. The number of hydrogen-bond acceptors (Lipinski definition) is 1. The van der Waals surface area contributed by atoms with Gasteiger partial charge in [0.1, 0.15) is 0 Å². The highest BCUT2D eigenvalue weighted by Crippen LogP contribution is 2.20. The van der Waals surface area contributed by atoms with Gasteiger partial charge in [-0.1, -0.05) is 61.0 Å². The highest BCUT2D eigenvalue weighted by molar-refractivity contribution is 5.63. The van der Waals surface area contributed by atoms with E-state index in [-0.39, 0.29) is 0 Å². The van der Waals surface area contributed by atoms with Gasteiger partial charge in [-0.2, -0.15) is 0 Å². The van der Waals surface area contributed by atoms with Gasteiger partial charge in [-0.05, 0) is 43.5 Å². The molecule has 0 saturated carbocycles. The summed E-state index contributed by atoms with van der Waals surface area (Å²) in [6.45, 7) is 7.53. The van der Waals surface area contributed by atoms with Crippen LogP contribution in [0.1, 0.15) is 25.0 Å². The fraction of sp³-hybridized carbons (Fsp3) is 0.333. The Morgan fingerprint density at radius 2 is 1.42 bits per heavy atom. The van der Waals surface area contributed by atoms with E-state index in [4.69, 9.17) is 0 Å². The highest BCUT2D eigenvalue weighted by atomic mass is 14.9. The molecule has 0 aliphatic rings. The summed E-state index contributed by atoms with van der Waals surface area (Å²) in [4.78, 5) is 0. The quantitative estimate of drug-likeness (QED) is 0.842. The zero-order valence-electron chi connectivity index (χ0n) is 12.1. The Labute approximate surface area is 116 Å². The SMILES string of the molecule is CCNC(C)Cc1ccc(-c2ccc(C)cc2)cc1. The molecule has 0 aliphatic carbocycles.